The highest BCUT2D eigenvalue weighted by molar-refractivity contribution is 5.19. The minimum Gasteiger partial charge on any atom is -0.322 e. The van der Waals surface area contributed by atoms with Crippen molar-refractivity contribution in [2.45, 2.75) is 32.7 Å². The summed E-state index contributed by atoms with van der Waals surface area (Å²) in [6.45, 7) is 6.45. The first-order valence-electron chi connectivity index (χ1n) is 4.72. The zero-order valence-electron chi connectivity index (χ0n) is 8.62. The van der Waals surface area contributed by atoms with Crippen molar-refractivity contribution in [1.29, 1.82) is 0 Å². The number of rotatable bonds is 3. The van der Waals surface area contributed by atoms with Gasteiger partial charge in [0.1, 0.15) is 0 Å². The predicted molar refractivity (Wildman–Crippen MR) is 55.2 cm³/mol. The summed E-state index contributed by atoms with van der Waals surface area (Å²) in [5, 5.41) is 0. The molecule has 1 rings (SSSR count). The maximum Gasteiger partial charge on any atom is 0.0384 e. The van der Waals surface area contributed by atoms with Crippen LogP contribution in [0.1, 0.15) is 32.8 Å². The van der Waals surface area contributed by atoms with Gasteiger partial charge in [0, 0.05) is 17.9 Å². The van der Waals surface area contributed by atoms with Gasteiger partial charge in [-0.25, -0.2) is 0 Å². The van der Waals surface area contributed by atoms with Crippen LogP contribution >= 0.6 is 0 Å². The average Bonchev–Trinajstić information content (AvgIpc) is 2.04. The standard InChI is InChI=1S/C11H18N2/c1-9(2)8-11(3,12)10-4-6-13-7-5-10/h4-7,9H,8,12H2,1-3H3. The van der Waals surface area contributed by atoms with Crippen molar-refractivity contribution in [2.75, 3.05) is 0 Å². The summed E-state index contributed by atoms with van der Waals surface area (Å²) in [5.74, 6) is 0.614. The third-order valence-electron chi connectivity index (χ3n) is 2.17. The molecule has 2 N–H and O–H groups in total. The smallest absolute Gasteiger partial charge is 0.0384 e. The molecule has 0 saturated carbocycles. The van der Waals surface area contributed by atoms with Crippen molar-refractivity contribution in [3.8, 4) is 0 Å². The van der Waals surface area contributed by atoms with E-state index in [0.29, 0.717) is 5.92 Å². The van der Waals surface area contributed by atoms with Crippen LogP contribution in [0.25, 0.3) is 0 Å². The third kappa shape index (κ3) is 2.81. The number of pyridine rings is 1. The Morgan fingerprint density at radius 3 is 2.38 bits per heavy atom. The van der Waals surface area contributed by atoms with Gasteiger partial charge in [-0.3, -0.25) is 4.98 Å². The van der Waals surface area contributed by atoms with Crippen LogP contribution in [0.3, 0.4) is 0 Å². The molecule has 0 amide bonds. The van der Waals surface area contributed by atoms with E-state index >= 15 is 0 Å². The number of hydrogen-bond acceptors (Lipinski definition) is 2. The molecule has 1 heterocycles. The number of nitrogens with two attached hydrogens (primary N) is 1. The molecule has 0 aliphatic heterocycles. The molecule has 0 radical (unpaired) electrons. The Morgan fingerprint density at radius 2 is 1.92 bits per heavy atom. The van der Waals surface area contributed by atoms with Crippen molar-refractivity contribution in [1.82, 2.24) is 4.98 Å². The lowest BCUT2D eigenvalue weighted by molar-refractivity contribution is 0.380. The molecular weight excluding hydrogens is 160 g/mol. The highest BCUT2D eigenvalue weighted by Gasteiger charge is 2.21. The van der Waals surface area contributed by atoms with Gasteiger partial charge in [-0.2, -0.15) is 0 Å². The van der Waals surface area contributed by atoms with E-state index in [9.17, 15) is 0 Å². The molecule has 2 nitrogen and oxygen atoms in total. The molecule has 0 aliphatic carbocycles. The second kappa shape index (κ2) is 3.88. The lowest BCUT2D eigenvalue weighted by Gasteiger charge is -2.26. The Bertz CT molecular complexity index is 252. The maximum absolute atomic E-state index is 6.21. The molecular formula is C11H18N2. The molecule has 0 fully saturated rings. The van der Waals surface area contributed by atoms with Gasteiger partial charge < -0.3 is 5.73 Å². The zero-order valence-corrected chi connectivity index (χ0v) is 8.62. The van der Waals surface area contributed by atoms with Gasteiger partial charge in [0.25, 0.3) is 0 Å². The first kappa shape index (κ1) is 10.2. The lowest BCUT2D eigenvalue weighted by atomic mass is 9.86. The van der Waals surface area contributed by atoms with E-state index in [4.69, 9.17) is 5.73 Å². The van der Waals surface area contributed by atoms with Crippen molar-refractivity contribution in [2.24, 2.45) is 11.7 Å². The van der Waals surface area contributed by atoms with Crippen molar-refractivity contribution in [3.63, 3.8) is 0 Å². The third-order valence-corrected chi connectivity index (χ3v) is 2.17. The highest BCUT2D eigenvalue weighted by atomic mass is 14.7. The minimum absolute atomic E-state index is 0.225. The molecule has 1 aromatic heterocycles. The summed E-state index contributed by atoms with van der Waals surface area (Å²) >= 11 is 0. The van der Waals surface area contributed by atoms with E-state index < -0.39 is 0 Å². The summed E-state index contributed by atoms with van der Waals surface area (Å²) in [4.78, 5) is 3.98. The Hall–Kier alpha value is -0.890. The van der Waals surface area contributed by atoms with E-state index in [1.54, 1.807) is 12.4 Å². The van der Waals surface area contributed by atoms with Crippen LogP contribution in [0.4, 0.5) is 0 Å². The van der Waals surface area contributed by atoms with Gasteiger partial charge >= 0.3 is 0 Å². The molecule has 0 aromatic carbocycles. The first-order valence-corrected chi connectivity index (χ1v) is 4.72. The van der Waals surface area contributed by atoms with Gasteiger partial charge in [-0.1, -0.05) is 13.8 Å². The van der Waals surface area contributed by atoms with Crippen LogP contribution in [0, 0.1) is 5.92 Å². The van der Waals surface area contributed by atoms with Crippen LogP contribution in [0.15, 0.2) is 24.5 Å². The van der Waals surface area contributed by atoms with Gasteiger partial charge in [0.05, 0.1) is 0 Å². The van der Waals surface area contributed by atoms with Gasteiger partial charge in [-0.15, -0.1) is 0 Å². The second-order valence-electron chi connectivity index (χ2n) is 4.25. The SMILES string of the molecule is CC(C)CC(C)(N)c1ccncc1. The topological polar surface area (TPSA) is 38.9 Å². The van der Waals surface area contributed by atoms with Crippen LogP contribution in [-0.4, -0.2) is 4.98 Å². The fourth-order valence-electron chi connectivity index (χ4n) is 1.70. The fraction of sp³-hybridized carbons (Fsp3) is 0.545. The van der Waals surface area contributed by atoms with E-state index in [-0.39, 0.29) is 5.54 Å². The summed E-state index contributed by atoms with van der Waals surface area (Å²) in [5.41, 5.74) is 7.15. The summed E-state index contributed by atoms with van der Waals surface area (Å²) in [6.07, 6.45) is 4.58. The monoisotopic (exact) mass is 178 g/mol. The molecule has 1 unspecified atom stereocenters. The van der Waals surface area contributed by atoms with E-state index in [1.807, 2.05) is 12.1 Å². The molecule has 1 atom stereocenters. The van der Waals surface area contributed by atoms with E-state index in [2.05, 4.69) is 25.8 Å². The zero-order chi connectivity index (χ0) is 9.90. The number of nitrogens with zero attached hydrogens (tertiary/aromatic N) is 1. The van der Waals surface area contributed by atoms with Gasteiger partial charge in [0.15, 0.2) is 0 Å². The van der Waals surface area contributed by atoms with Gasteiger partial charge in [-0.05, 0) is 37.0 Å². The Balaban J connectivity index is 2.81. The quantitative estimate of drug-likeness (QED) is 0.771. The molecule has 72 valence electrons. The average molecular weight is 178 g/mol. The van der Waals surface area contributed by atoms with E-state index in [1.165, 1.54) is 0 Å². The maximum atomic E-state index is 6.21. The van der Waals surface area contributed by atoms with Crippen molar-refractivity contribution >= 4 is 0 Å². The molecule has 0 spiro atoms. The number of hydrogen-bond donors (Lipinski definition) is 1. The summed E-state index contributed by atoms with van der Waals surface area (Å²) in [7, 11) is 0. The highest BCUT2D eigenvalue weighted by Crippen LogP contribution is 2.24. The van der Waals surface area contributed by atoms with Crippen LogP contribution < -0.4 is 5.73 Å². The largest absolute Gasteiger partial charge is 0.322 e. The molecule has 0 aliphatic rings. The Labute approximate surface area is 80.2 Å². The van der Waals surface area contributed by atoms with Crippen molar-refractivity contribution < 1.29 is 0 Å². The second-order valence-corrected chi connectivity index (χ2v) is 4.25. The summed E-state index contributed by atoms with van der Waals surface area (Å²) in [6, 6.07) is 3.98. The fourth-order valence-corrected chi connectivity index (χ4v) is 1.70. The van der Waals surface area contributed by atoms with Crippen LogP contribution in [-0.2, 0) is 5.54 Å². The van der Waals surface area contributed by atoms with Crippen LogP contribution in [0.5, 0.6) is 0 Å². The molecule has 1 aromatic rings. The molecule has 13 heavy (non-hydrogen) atoms. The summed E-state index contributed by atoms with van der Waals surface area (Å²) < 4.78 is 0. The number of aromatic nitrogens is 1. The Kier molecular flexibility index (Phi) is 3.04. The normalized spacial score (nSPS) is 15.8. The van der Waals surface area contributed by atoms with E-state index in [0.717, 1.165) is 12.0 Å². The minimum atomic E-state index is -0.225. The Morgan fingerprint density at radius 1 is 1.38 bits per heavy atom. The van der Waals surface area contributed by atoms with Gasteiger partial charge in [0.2, 0.25) is 0 Å². The molecule has 0 bridgehead atoms. The predicted octanol–water partition coefficient (Wildman–Crippen LogP) is 2.30. The molecule has 0 saturated heterocycles. The molecule has 2 heteroatoms. The lowest BCUT2D eigenvalue weighted by Crippen LogP contribution is -2.34. The first-order chi connectivity index (χ1) is 6.02. The van der Waals surface area contributed by atoms with Crippen molar-refractivity contribution in [3.05, 3.63) is 30.1 Å². The van der Waals surface area contributed by atoms with Crippen LogP contribution in [0.2, 0.25) is 0 Å².